The fourth-order valence-corrected chi connectivity index (χ4v) is 3.45. The van der Waals surface area contributed by atoms with Crippen molar-refractivity contribution in [3.63, 3.8) is 0 Å². The molecule has 0 amide bonds. The number of thioether (sulfide) groups is 1. The van der Waals surface area contributed by atoms with E-state index < -0.39 is 5.97 Å². The molecular weight excluding hydrogens is 343 g/mol. The highest BCUT2D eigenvalue weighted by Crippen LogP contribution is 2.19. The number of carboxylic acid groups (broad SMARTS) is 1. The van der Waals surface area contributed by atoms with E-state index in [2.05, 4.69) is 4.98 Å². The van der Waals surface area contributed by atoms with Crippen LogP contribution in [0, 0.1) is 12.7 Å². The second-order valence-electron chi connectivity index (χ2n) is 5.79. The molecule has 0 saturated heterocycles. The van der Waals surface area contributed by atoms with Crippen LogP contribution in [0.4, 0.5) is 4.39 Å². The fourth-order valence-electron chi connectivity index (χ4n) is 2.44. The zero-order valence-electron chi connectivity index (χ0n) is 14.3. The van der Waals surface area contributed by atoms with Gasteiger partial charge in [0.1, 0.15) is 5.82 Å². The summed E-state index contributed by atoms with van der Waals surface area (Å²) in [7, 11) is 1.65. The van der Waals surface area contributed by atoms with E-state index in [1.807, 2.05) is 0 Å². The number of benzene rings is 1. The molecule has 0 atom stereocenters. The number of carbonyl (C=O) groups is 1. The molecule has 0 saturated carbocycles. The van der Waals surface area contributed by atoms with Crippen LogP contribution in [0.15, 0.2) is 34.2 Å². The Morgan fingerprint density at radius 2 is 2.04 bits per heavy atom. The molecule has 0 fully saturated rings. The zero-order valence-corrected chi connectivity index (χ0v) is 15.1. The van der Waals surface area contributed by atoms with Crippen molar-refractivity contribution in [1.29, 1.82) is 0 Å². The first-order chi connectivity index (χ1) is 11.9. The van der Waals surface area contributed by atoms with E-state index in [0.717, 1.165) is 6.42 Å². The largest absolute Gasteiger partial charge is 0.481 e. The lowest BCUT2D eigenvalue weighted by Crippen LogP contribution is -2.26. The molecule has 7 heteroatoms. The molecule has 5 nitrogen and oxygen atoms in total. The van der Waals surface area contributed by atoms with Gasteiger partial charge in [0.25, 0.3) is 5.56 Å². The Kier molecular flexibility index (Phi) is 6.75. The summed E-state index contributed by atoms with van der Waals surface area (Å²) in [5, 5.41) is 9.22. The summed E-state index contributed by atoms with van der Waals surface area (Å²) in [6.45, 7) is 1.76. The molecule has 134 valence electrons. The molecule has 0 spiro atoms. The maximum Gasteiger partial charge on any atom is 0.303 e. The number of halogens is 1. The molecule has 1 heterocycles. The van der Waals surface area contributed by atoms with Crippen LogP contribution in [0.3, 0.4) is 0 Å². The minimum Gasteiger partial charge on any atom is -0.481 e. The van der Waals surface area contributed by atoms with Crippen molar-refractivity contribution in [3.05, 3.63) is 57.3 Å². The molecule has 25 heavy (non-hydrogen) atoms. The van der Waals surface area contributed by atoms with Gasteiger partial charge in [0.2, 0.25) is 0 Å². The topological polar surface area (TPSA) is 72.2 Å². The average molecular weight is 364 g/mol. The Morgan fingerprint density at radius 1 is 1.32 bits per heavy atom. The fraction of sp³-hybridized carbons (Fsp3) is 0.389. The van der Waals surface area contributed by atoms with Crippen molar-refractivity contribution in [1.82, 2.24) is 9.55 Å². The lowest BCUT2D eigenvalue weighted by atomic mass is 10.0. The second-order valence-corrected chi connectivity index (χ2v) is 6.85. The highest BCUT2D eigenvalue weighted by atomic mass is 32.2. The first kappa shape index (κ1) is 19.2. The first-order valence-corrected chi connectivity index (χ1v) is 9.03. The third-order valence-electron chi connectivity index (χ3n) is 3.89. The quantitative estimate of drug-likeness (QED) is 0.442. The number of aliphatic carboxylic acids is 1. The van der Waals surface area contributed by atoms with Crippen LogP contribution in [0.5, 0.6) is 0 Å². The minimum absolute atomic E-state index is 0.146. The predicted molar refractivity (Wildman–Crippen MR) is 95.6 cm³/mol. The van der Waals surface area contributed by atoms with Gasteiger partial charge in [0, 0.05) is 36.9 Å². The molecule has 0 radical (unpaired) electrons. The van der Waals surface area contributed by atoms with Gasteiger partial charge in [-0.25, -0.2) is 9.37 Å². The molecule has 1 aromatic heterocycles. The van der Waals surface area contributed by atoms with Crippen molar-refractivity contribution >= 4 is 17.7 Å². The van der Waals surface area contributed by atoms with E-state index in [4.69, 9.17) is 5.11 Å². The first-order valence-electron chi connectivity index (χ1n) is 8.04. The van der Waals surface area contributed by atoms with E-state index in [0.29, 0.717) is 34.2 Å². The lowest BCUT2D eigenvalue weighted by molar-refractivity contribution is -0.137. The number of aryl methyl sites for hydroxylation is 1. The zero-order chi connectivity index (χ0) is 18.4. The third kappa shape index (κ3) is 5.16. The van der Waals surface area contributed by atoms with Crippen LogP contribution in [0.2, 0.25) is 0 Å². The van der Waals surface area contributed by atoms with E-state index in [9.17, 15) is 14.0 Å². The van der Waals surface area contributed by atoms with Gasteiger partial charge >= 0.3 is 5.97 Å². The highest BCUT2D eigenvalue weighted by molar-refractivity contribution is 7.99. The molecule has 1 N–H and O–H groups in total. The number of hydrogen-bond acceptors (Lipinski definition) is 4. The van der Waals surface area contributed by atoms with Crippen LogP contribution in [0.25, 0.3) is 0 Å². The number of rotatable bonds is 8. The van der Waals surface area contributed by atoms with Gasteiger partial charge in [0.05, 0.1) is 0 Å². The molecule has 0 aliphatic carbocycles. The number of aromatic nitrogens is 2. The predicted octanol–water partition coefficient (Wildman–Crippen LogP) is 3.17. The van der Waals surface area contributed by atoms with E-state index in [1.165, 1.54) is 22.4 Å². The van der Waals surface area contributed by atoms with Gasteiger partial charge in [-0.05, 0) is 31.4 Å². The maximum atomic E-state index is 13.8. The van der Waals surface area contributed by atoms with Crippen molar-refractivity contribution in [3.8, 4) is 0 Å². The summed E-state index contributed by atoms with van der Waals surface area (Å²) < 4.78 is 15.3. The van der Waals surface area contributed by atoms with E-state index in [-0.39, 0.29) is 24.2 Å². The lowest BCUT2D eigenvalue weighted by Gasteiger charge is -2.12. The smallest absolute Gasteiger partial charge is 0.303 e. The molecule has 0 unspecified atom stereocenters. The van der Waals surface area contributed by atoms with Gasteiger partial charge in [-0.15, -0.1) is 0 Å². The molecule has 0 bridgehead atoms. The summed E-state index contributed by atoms with van der Waals surface area (Å²) in [6.07, 6.45) is 1.69. The summed E-state index contributed by atoms with van der Waals surface area (Å²) in [5.74, 6) is -0.440. The normalized spacial score (nSPS) is 10.8. The van der Waals surface area contributed by atoms with Crippen LogP contribution < -0.4 is 5.56 Å². The average Bonchev–Trinajstić information content (AvgIpc) is 2.57. The molecule has 2 aromatic rings. The van der Waals surface area contributed by atoms with Gasteiger partial charge < -0.3 is 5.11 Å². The highest BCUT2D eigenvalue weighted by Gasteiger charge is 2.14. The van der Waals surface area contributed by atoms with E-state index >= 15 is 0 Å². The monoisotopic (exact) mass is 364 g/mol. The van der Waals surface area contributed by atoms with Gasteiger partial charge in [-0.1, -0.05) is 30.0 Å². The Labute approximate surface area is 149 Å². The summed E-state index contributed by atoms with van der Waals surface area (Å²) in [5.41, 5.74) is 1.38. The summed E-state index contributed by atoms with van der Waals surface area (Å²) in [6, 6.07) is 6.41. The SMILES string of the molecule is Cc1nc(SCCCCC(=O)O)n(C)c(=O)c1Cc1ccccc1F. The van der Waals surface area contributed by atoms with Gasteiger partial charge in [0.15, 0.2) is 5.16 Å². The van der Waals surface area contributed by atoms with Crippen LogP contribution >= 0.6 is 11.8 Å². The van der Waals surface area contributed by atoms with Crippen LogP contribution in [0.1, 0.15) is 36.1 Å². The van der Waals surface area contributed by atoms with E-state index in [1.54, 1.807) is 32.2 Å². The Hall–Kier alpha value is -2.15. The minimum atomic E-state index is -0.802. The number of unbranched alkanes of at least 4 members (excludes halogenated alkanes) is 1. The van der Waals surface area contributed by atoms with Crippen molar-refractivity contribution in [2.75, 3.05) is 5.75 Å². The Balaban J connectivity index is 2.12. The summed E-state index contributed by atoms with van der Waals surface area (Å²) in [4.78, 5) is 27.6. The van der Waals surface area contributed by atoms with Crippen molar-refractivity contribution in [2.24, 2.45) is 7.05 Å². The van der Waals surface area contributed by atoms with Crippen molar-refractivity contribution < 1.29 is 14.3 Å². The Bertz CT molecular complexity index is 820. The number of hydrogen-bond donors (Lipinski definition) is 1. The molecule has 0 aliphatic rings. The number of carboxylic acids is 1. The Morgan fingerprint density at radius 3 is 2.72 bits per heavy atom. The maximum absolute atomic E-state index is 13.8. The van der Waals surface area contributed by atoms with Crippen LogP contribution in [-0.2, 0) is 18.3 Å². The summed E-state index contributed by atoms with van der Waals surface area (Å²) >= 11 is 1.43. The van der Waals surface area contributed by atoms with Crippen molar-refractivity contribution in [2.45, 2.75) is 37.8 Å². The van der Waals surface area contributed by atoms with Crippen LogP contribution in [-0.4, -0.2) is 26.4 Å². The second kappa shape index (κ2) is 8.80. The molecule has 0 aliphatic heterocycles. The third-order valence-corrected chi connectivity index (χ3v) is 5.01. The number of nitrogens with zero attached hydrogens (tertiary/aromatic N) is 2. The van der Waals surface area contributed by atoms with Gasteiger partial charge in [-0.2, -0.15) is 0 Å². The van der Waals surface area contributed by atoms with Gasteiger partial charge in [-0.3, -0.25) is 14.2 Å². The standard InChI is InChI=1S/C18H21FN2O3S/c1-12-14(11-13-7-3-4-8-15(13)19)17(24)21(2)18(20-12)25-10-6-5-9-16(22)23/h3-4,7-8H,5-6,9-11H2,1-2H3,(H,22,23). The molecule has 2 rings (SSSR count). The molecular formula is C18H21FN2O3S. The molecule has 1 aromatic carbocycles.